The van der Waals surface area contributed by atoms with Gasteiger partial charge in [0.25, 0.3) is 0 Å². The van der Waals surface area contributed by atoms with Crippen LogP contribution in [0.5, 0.6) is 0 Å². The lowest BCUT2D eigenvalue weighted by atomic mass is 9.86. The largest absolute Gasteiger partial charge is 0.299 e. The molecule has 3 heteroatoms. The zero-order valence-corrected chi connectivity index (χ0v) is 14.6. The number of ketones is 1. The fraction of sp³-hybridized carbons (Fsp3) is 0.381. The van der Waals surface area contributed by atoms with Crippen LogP contribution in [0, 0.1) is 17.8 Å². The molecule has 2 aromatic rings. The van der Waals surface area contributed by atoms with Crippen LogP contribution in [-0.2, 0) is 11.3 Å². The Morgan fingerprint density at radius 1 is 1.04 bits per heavy atom. The number of carbonyl (C=O) groups excluding carboxylic acids is 1. The summed E-state index contributed by atoms with van der Waals surface area (Å²) in [6, 6.07) is 18.4. The number of rotatable bonds is 3. The normalized spacial score (nSPS) is 29.8. The van der Waals surface area contributed by atoms with Crippen molar-refractivity contribution in [3.8, 4) is 0 Å². The van der Waals surface area contributed by atoms with E-state index in [1.807, 2.05) is 30.3 Å². The Morgan fingerprint density at radius 3 is 2.42 bits per heavy atom. The van der Waals surface area contributed by atoms with Gasteiger partial charge in [0.15, 0.2) is 0 Å². The summed E-state index contributed by atoms with van der Waals surface area (Å²) in [5, 5.41) is 0.728. The molecule has 1 saturated heterocycles. The van der Waals surface area contributed by atoms with Crippen LogP contribution in [0.1, 0.15) is 24.0 Å². The third-order valence-electron chi connectivity index (χ3n) is 5.79. The first-order chi connectivity index (χ1) is 11.6. The molecule has 1 heterocycles. The van der Waals surface area contributed by atoms with Gasteiger partial charge in [-0.3, -0.25) is 9.69 Å². The zero-order chi connectivity index (χ0) is 16.7. The average Bonchev–Trinajstić information content (AvgIpc) is 3.10. The third kappa shape index (κ3) is 2.78. The first kappa shape index (κ1) is 15.9. The van der Waals surface area contributed by atoms with E-state index in [0.29, 0.717) is 17.6 Å². The highest BCUT2D eigenvalue weighted by atomic mass is 35.5. The van der Waals surface area contributed by atoms with Crippen LogP contribution >= 0.6 is 11.6 Å². The molecule has 24 heavy (non-hydrogen) atoms. The number of fused-ring (bicyclic) bond motifs is 1. The van der Waals surface area contributed by atoms with Crippen molar-refractivity contribution in [1.82, 2.24) is 4.90 Å². The highest BCUT2D eigenvalue weighted by Crippen LogP contribution is 2.48. The molecule has 2 fully saturated rings. The molecule has 0 spiro atoms. The molecule has 0 amide bonds. The summed E-state index contributed by atoms with van der Waals surface area (Å²) in [5.41, 5.74) is 2.45. The Hall–Kier alpha value is -1.64. The van der Waals surface area contributed by atoms with Gasteiger partial charge in [-0.2, -0.15) is 0 Å². The summed E-state index contributed by atoms with van der Waals surface area (Å²) in [6.07, 6.45) is 0. The molecular weight excluding hydrogens is 318 g/mol. The minimum absolute atomic E-state index is 0.0381. The Bertz CT molecular complexity index is 727. The van der Waals surface area contributed by atoms with Gasteiger partial charge in [0.05, 0.1) is 0 Å². The monoisotopic (exact) mass is 339 g/mol. The molecule has 2 aliphatic rings. The van der Waals surface area contributed by atoms with Crippen molar-refractivity contribution in [3.63, 3.8) is 0 Å². The van der Waals surface area contributed by atoms with E-state index in [2.05, 4.69) is 36.1 Å². The van der Waals surface area contributed by atoms with Gasteiger partial charge in [0.2, 0.25) is 0 Å². The molecule has 2 aromatic carbocycles. The van der Waals surface area contributed by atoms with Crippen molar-refractivity contribution in [3.05, 3.63) is 70.7 Å². The van der Waals surface area contributed by atoms with Crippen LogP contribution in [0.4, 0.5) is 0 Å². The maximum absolute atomic E-state index is 13.0. The van der Waals surface area contributed by atoms with Crippen molar-refractivity contribution >= 4 is 17.4 Å². The van der Waals surface area contributed by atoms with Gasteiger partial charge in [-0.15, -0.1) is 0 Å². The second kappa shape index (κ2) is 6.34. The van der Waals surface area contributed by atoms with Gasteiger partial charge in [0.1, 0.15) is 5.78 Å². The molecule has 0 aromatic heterocycles. The summed E-state index contributed by atoms with van der Waals surface area (Å²) in [6.45, 7) is 5.11. The minimum atomic E-state index is 0.0381. The quantitative estimate of drug-likeness (QED) is 0.826. The zero-order valence-electron chi connectivity index (χ0n) is 13.9. The number of likely N-dealkylation sites (tertiary alicyclic amines) is 1. The van der Waals surface area contributed by atoms with Crippen LogP contribution in [0.2, 0.25) is 5.02 Å². The lowest BCUT2D eigenvalue weighted by Crippen LogP contribution is -2.26. The molecule has 0 N–H and O–H groups in total. The third-order valence-corrected chi connectivity index (χ3v) is 6.04. The molecule has 0 radical (unpaired) electrons. The fourth-order valence-corrected chi connectivity index (χ4v) is 4.72. The summed E-state index contributed by atoms with van der Waals surface area (Å²) < 4.78 is 0. The van der Waals surface area contributed by atoms with Crippen molar-refractivity contribution in [1.29, 1.82) is 0 Å². The van der Waals surface area contributed by atoms with E-state index in [4.69, 9.17) is 11.6 Å². The van der Waals surface area contributed by atoms with Gasteiger partial charge in [-0.25, -0.2) is 0 Å². The molecule has 4 atom stereocenters. The minimum Gasteiger partial charge on any atom is -0.299 e. The summed E-state index contributed by atoms with van der Waals surface area (Å²) >= 11 is 5.99. The topological polar surface area (TPSA) is 20.3 Å². The van der Waals surface area contributed by atoms with E-state index in [9.17, 15) is 4.79 Å². The Morgan fingerprint density at radius 2 is 1.75 bits per heavy atom. The number of Topliss-reactive ketones (excluding diaryl/α,β-unsaturated/α-hetero) is 1. The van der Waals surface area contributed by atoms with Crippen molar-refractivity contribution < 1.29 is 4.79 Å². The van der Waals surface area contributed by atoms with E-state index >= 15 is 0 Å². The van der Waals surface area contributed by atoms with Gasteiger partial charge >= 0.3 is 0 Å². The molecule has 1 saturated carbocycles. The maximum Gasteiger partial charge on any atom is 0.145 e. The predicted molar refractivity (Wildman–Crippen MR) is 97.1 cm³/mol. The number of hydrogen-bond acceptors (Lipinski definition) is 2. The van der Waals surface area contributed by atoms with Crippen LogP contribution in [0.25, 0.3) is 0 Å². The Balaban J connectivity index is 1.49. The molecule has 1 aliphatic carbocycles. The van der Waals surface area contributed by atoms with Gasteiger partial charge in [0, 0.05) is 36.5 Å². The van der Waals surface area contributed by atoms with Crippen LogP contribution in [-0.4, -0.2) is 23.8 Å². The van der Waals surface area contributed by atoms with Crippen LogP contribution in [0.15, 0.2) is 54.6 Å². The molecule has 0 bridgehead atoms. The first-order valence-corrected chi connectivity index (χ1v) is 9.07. The standard InChI is InChI=1S/C21H22ClNO/c1-14-18-12-23(11-15-5-3-2-4-6-15)13-19(18)21(24)20(14)16-7-9-17(22)10-8-16/h2-10,14,18-20H,11-13H2,1H3. The molecule has 124 valence electrons. The second-order valence-corrected chi connectivity index (χ2v) is 7.68. The SMILES string of the molecule is CC1C(c2ccc(Cl)cc2)C(=O)C2CN(Cc3ccccc3)CC21. The maximum atomic E-state index is 13.0. The van der Waals surface area contributed by atoms with E-state index in [0.717, 1.165) is 30.2 Å². The molecular formula is C21H22ClNO. The van der Waals surface area contributed by atoms with Crippen molar-refractivity contribution in [2.24, 2.45) is 17.8 Å². The van der Waals surface area contributed by atoms with E-state index < -0.39 is 0 Å². The lowest BCUT2D eigenvalue weighted by Gasteiger charge is -2.22. The molecule has 2 nitrogen and oxygen atoms in total. The van der Waals surface area contributed by atoms with Gasteiger partial charge in [-0.05, 0) is 35.1 Å². The van der Waals surface area contributed by atoms with E-state index in [-0.39, 0.29) is 11.8 Å². The van der Waals surface area contributed by atoms with Crippen molar-refractivity contribution in [2.45, 2.75) is 19.4 Å². The van der Waals surface area contributed by atoms with Crippen LogP contribution < -0.4 is 0 Å². The average molecular weight is 340 g/mol. The summed E-state index contributed by atoms with van der Waals surface area (Å²) in [5.74, 6) is 1.51. The van der Waals surface area contributed by atoms with E-state index in [1.165, 1.54) is 5.56 Å². The molecule has 4 unspecified atom stereocenters. The highest BCUT2D eigenvalue weighted by Gasteiger charge is 2.52. The number of nitrogens with zero attached hydrogens (tertiary/aromatic N) is 1. The summed E-state index contributed by atoms with van der Waals surface area (Å²) in [4.78, 5) is 15.5. The van der Waals surface area contributed by atoms with Gasteiger partial charge in [-0.1, -0.05) is 61.0 Å². The smallest absolute Gasteiger partial charge is 0.145 e. The fourth-order valence-electron chi connectivity index (χ4n) is 4.59. The summed E-state index contributed by atoms with van der Waals surface area (Å²) in [7, 11) is 0. The number of halogens is 1. The number of benzene rings is 2. The predicted octanol–water partition coefficient (Wildman–Crippen LogP) is 4.39. The molecule has 4 rings (SSSR count). The number of carbonyl (C=O) groups is 1. The highest BCUT2D eigenvalue weighted by molar-refractivity contribution is 6.30. The lowest BCUT2D eigenvalue weighted by molar-refractivity contribution is -0.122. The van der Waals surface area contributed by atoms with Gasteiger partial charge < -0.3 is 0 Å². The molecule has 1 aliphatic heterocycles. The first-order valence-electron chi connectivity index (χ1n) is 8.69. The Labute approximate surface area is 148 Å². The number of hydrogen-bond donors (Lipinski definition) is 0. The Kier molecular flexibility index (Phi) is 4.19. The van der Waals surface area contributed by atoms with Crippen molar-refractivity contribution in [2.75, 3.05) is 13.1 Å². The van der Waals surface area contributed by atoms with Crippen LogP contribution in [0.3, 0.4) is 0 Å². The van der Waals surface area contributed by atoms with E-state index in [1.54, 1.807) is 0 Å². The second-order valence-electron chi connectivity index (χ2n) is 7.24.